The van der Waals surface area contributed by atoms with Crippen molar-refractivity contribution in [3.05, 3.63) is 74.6 Å². The van der Waals surface area contributed by atoms with Crippen LogP contribution in [0.3, 0.4) is 0 Å². The first-order chi connectivity index (χ1) is 11.9. The number of hydrogen-bond donors (Lipinski definition) is 1. The highest BCUT2D eigenvalue weighted by molar-refractivity contribution is 6.35. The van der Waals surface area contributed by atoms with E-state index < -0.39 is 5.91 Å². The van der Waals surface area contributed by atoms with Gasteiger partial charge in [0.15, 0.2) is 0 Å². The lowest BCUT2D eigenvalue weighted by atomic mass is 10.0. The lowest BCUT2D eigenvalue weighted by Crippen LogP contribution is -2.12. The summed E-state index contributed by atoms with van der Waals surface area (Å²) in [5.41, 5.74) is 3.79. The number of amides is 1. The van der Waals surface area contributed by atoms with E-state index in [2.05, 4.69) is 35.4 Å². The summed E-state index contributed by atoms with van der Waals surface area (Å²) in [6.07, 6.45) is 0.493. The molecule has 7 heteroatoms. The summed E-state index contributed by atoms with van der Waals surface area (Å²) in [6.45, 7) is 4.11. The van der Waals surface area contributed by atoms with Gasteiger partial charge in [0, 0.05) is 15.6 Å². The highest BCUT2D eigenvalue weighted by Gasteiger charge is 2.13. The van der Waals surface area contributed by atoms with Gasteiger partial charge in [0.1, 0.15) is 0 Å². The lowest BCUT2D eigenvalue weighted by molar-refractivity contribution is 0.102. The van der Waals surface area contributed by atoms with Gasteiger partial charge in [-0.1, -0.05) is 46.5 Å². The van der Waals surface area contributed by atoms with E-state index in [1.54, 1.807) is 6.07 Å². The summed E-state index contributed by atoms with van der Waals surface area (Å²) in [4.78, 5) is 12.2. The topological polar surface area (TPSA) is 68.0 Å². The van der Waals surface area contributed by atoms with E-state index in [1.165, 1.54) is 23.3 Å². The van der Waals surface area contributed by atoms with Gasteiger partial charge >= 0.3 is 6.01 Å². The molecule has 0 aliphatic heterocycles. The molecular weight excluding hydrogens is 361 g/mol. The molecule has 1 amide bonds. The summed E-state index contributed by atoms with van der Waals surface area (Å²) in [6, 6.07) is 10.7. The molecule has 1 N–H and O–H groups in total. The zero-order chi connectivity index (χ0) is 18.0. The quantitative estimate of drug-likeness (QED) is 0.708. The molecule has 0 bridgehead atoms. The molecule has 0 fully saturated rings. The predicted octanol–water partition coefficient (Wildman–Crippen LogP) is 4.84. The number of carbonyl (C=O) groups excluding carboxylic acids is 1. The highest BCUT2D eigenvalue weighted by atomic mass is 35.5. The van der Waals surface area contributed by atoms with Crippen LogP contribution >= 0.6 is 23.2 Å². The van der Waals surface area contributed by atoms with E-state index in [1.807, 2.05) is 12.1 Å². The Balaban J connectivity index is 1.70. The minimum atomic E-state index is -0.425. The average molecular weight is 376 g/mol. The molecule has 5 nitrogen and oxygen atoms in total. The van der Waals surface area contributed by atoms with Crippen molar-refractivity contribution in [2.24, 2.45) is 0 Å². The Morgan fingerprint density at radius 1 is 1.04 bits per heavy atom. The summed E-state index contributed by atoms with van der Waals surface area (Å²) in [7, 11) is 0. The number of nitrogens with zero attached hydrogens (tertiary/aromatic N) is 2. The van der Waals surface area contributed by atoms with Crippen molar-refractivity contribution >= 4 is 35.1 Å². The van der Waals surface area contributed by atoms with E-state index >= 15 is 0 Å². The zero-order valence-corrected chi connectivity index (χ0v) is 15.1. The van der Waals surface area contributed by atoms with Gasteiger partial charge in [0.05, 0.1) is 6.42 Å². The molecule has 1 aromatic heterocycles. The van der Waals surface area contributed by atoms with E-state index in [0.29, 0.717) is 27.9 Å². The second-order valence-electron chi connectivity index (χ2n) is 5.71. The van der Waals surface area contributed by atoms with Gasteiger partial charge in [0.2, 0.25) is 5.89 Å². The Hall–Kier alpha value is -2.37. The van der Waals surface area contributed by atoms with Crippen molar-refractivity contribution in [1.29, 1.82) is 0 Å². The second kappa shape index (κ2) is 7.25. The largest absolute Gasteiger partial charge is 0.407 e. The van der Waals surface area contributed by atoms with Crippen LogP contribution in [0, 0.1) is 13.8 Å². The van der Waals surface area contributed by atoms with Crippen LogP contribution in [0.4, 0.5) is 6.01 Å². The van der Waals surface area contributed by atoms with Crippen LogP contribution in [-0.2, 0) is 6.42 Å². The van der Waals surface area contributed by atoms with Gasteiger partial charge in [0.25, 0.3) is 5.91 Å². The standard InChI is InChI=1S/C18H15Cl2N3O2/c1-10-3-4-12(5-11(10)2)6-16-22-23-18(25-16)21-17(24)13-7-14(19)9-15(20)8-13/h3-5,7-9H,6H2,1-2H3,(H,21,23,24). The zero-order valence-electron chi connectivity index (χ0n) is 13.6. The van der Waals surface area contributed by atoms with Crippen LogP contribution in [0.5, 0.6) is 0 Å². The molecule has 2 aromatic carbocycles. The highest BCUT2D eigenvalue weighted by Crippen LogP contribution is 2.20. The number of carbonyl (C=O) groups is 1. The summed E-state index contributed by atoms with van der Waals surface area (Å²) < 4.78 is 5.49. The molecule has 0 aliphatic carbocycles. The van der Waals surface area contributed by atoms with Crippen molar-refractivity contribution in [1.82, 2.24) is 10.2 Å². The third kappa shape index (κ3) is 4.38. The normalized spacial score (nSPS) is 10.7. The van der Waals surface area contributed by atoms with E-state index in [-0.39, 0.29) is 6.01 Å². The molecule has 0 radical (unpaired) electrons. The van der Waals surface area contributed by atoms with E-state index in [4.69, 9.17) is 27.6 Å². The molecule has 0 atom stereocenters. The molecule has 0 unspecified atom stereocenters. The van der Waals surface area contributed by atoms with Crippen LogP contribution in [0.25, 0.3) is 0 Å². The van der Waals surface area contributed by atoms with Crippen molar-refractivity contribution in [2.75, 3.05) is 5.32 Å². The first kappa shape index (κ1) is 17.5. The Kier molecular flexibility index (Phi) is 5.06. The average Bonchev–Trinajstić information content (AvgIpc) is 2.97. The molecule has 0 saturated carbocycles. The molecule has 3 rings (SSSR count). The Labute approximate surface area is 155 Å². The monoisotopic (exact) mass is 375 g/mol. The lowest BCUT2D eigenvalue weighted by Gasteiger charge is -2.03. The predicted molar refractivity (Wildman–Crippen MR) is 97.4 cm³/mol. The Morgan fingerprint density at radius 3 is 2.44 bits per heavy atom. The van der Waals surface area contributed by atoms with E-state index in [9.17, 15) is 4.79 Å². The number of nitrogens with one attached hydrogen (secondary N) is 1. The first-order valence-corrected chi connectivity index (χ1v) is 8.32. The van der Waals surface area contributed by atoms with Gasteiger partial charge < -0.3 is 4.42 Å². The fourth-order valence-corrected chi connectivity index (χ4v) is 2.84. The number of hydrogen-bond acceptors (Lipinski definition) is 4. The molecule has 128 valence electrons. The molecular formula is C18H15Cl2N3O2. The summed E-state index contributed by atoms with van der Waals surface area (Å²) in [5.74, 6) is -0.00606. The second-order valence-corrected chi connectivity index (χ2v) is 6.58. The summed E-state index contributed by atoms with van der Waals surface area (Å²) in [5, 5.41) is 11.1. The Morgan fingerprint density at radius 2 is 1.76 bits per heavy atom. The fourth-order valence-electron chi connectivity index (χ4n) is 2.32. The number of anilines is 1. The molecule has 25 heavy (non-hydrogen) atoms. The molecule has 0 saturated heterocycles. The van der Waals surface area contributed by atoms with Crippen molar-refractivity contribution < 1.29 is 9.21 Å². The number of rotatable bonds is 4. The number of benzene rings is 2. The maximum atomic E-state index is 12.2. The van der Waals surface area contributed by atoms with Crippen LogP contribution in [-0.4, -0.2) is 16.1 Å². The van der Waals surface area contributed by atoms with E-state index in [0.717, 1.165) is 5.56 Å². The SMILES string of the molecule is Cc1ccc(Cc2nnc(NC(=O)c3cc(Cl)cc(Cl)c3)o2)cc1C. The van der Waals surface area contributed by atoms with Crippen molar-refractivity contribution in [2.45, 2.75) is 20.3 Å². The molecule has 0 spiro atoms. The fraction of sp³-hybridized carbons (Fsp3) is 0.167. The number of halogens is 2. The van der Waals surface area contributed by atoms with Gasteiger partial charge in [-0.15, -0.1) is 5.10 Å². The molecule has 1 heterocycles. The number of aryl methyl sites for hydroxylation is 2. The maximum Gasteiger partial charge on any atom is 0.322 e. The maximum absolute atomic E-state index is 12.2. The van der Waals surface area contributed by atoms with Crippen LogP contribution < -0.4 is 5.32 Å². The third-order valence-electron chi connectivity index (χ3n) is 3.74. The number of aromatic nitrogens is 2. The Bertz CT molecular complexity index is 918. The smallest absolute Gasteiger partial charge is 0.322 e. The minimum Gasteiger partial charge on any atom is -0.407 e. The molecule has 0 aliphatic rings. The summed E-state index contributed by atoms with van der Waals surface area (Å²) >= 11 is 11.8. The van der Waals surface area contributed by atoms with Crippen molar-refractivity contribution in [3.8, 4) is 0 Å². The first-order valence-electron chi connectivity index (χ1n) is 7.56. The molecule has 3 aromatic rings. The van der Waals surface area contributed by atoms with Crippen LogP contribution in [0.2, 0.25) is 10.0 Å². The third-order valence-corrected chi connectivity index (χ3v) is 4.18. The van der Waals surface area contributed by atoms with Gasteiger partial charge in [-0.2, -0.15) is 0 Å². The minimum absolute atomic E-state index is 0.0277. The van der Waals surface area contributed by atoms with Gasteiger partial charge in [-0.25, -0.2) is 0 Å². The van der Waals surface area contributed by atoms with Crippen LogP contribution in [0.1, 0.15) is 32.9 Å². The van der Waals surface area contributed by atoms with Crippen molar-refractivity contribution in [3.63, 3.8) is 0 Å². The van der Waals surface area contributed by atoms with Crippen LogP contribution in [0.15, 0.2) is 40.8 Å². The van der Waals surface area contributed by atoms with Gasteiger partial charge in [-0.05, 0) is 48.7 Å². The van der Waals surface area contributed by atoms with Gasteiger partial charge in [-0.3, -0.25) is 10.1 Å².